The molecule has 1 aliphatic heterocycles. The van der Waals surface area contributed by atoms with Crippen LogP contribution in [0.4, 0.5) is 0 Å². The van der Waals surface area contributed by atoms with Gasteiger partial charge in [0.25, 0.3) is 0 Å². The Morgan fingerprint density at radius 1 is 1.44 bits per heavy atom. The van der Waals surface area contributed by atoms with E-state index in [1.807, 2.05) is 6.07 Å². The fraction of sp³-hybridized carbons (Fsp3) is 0.600. The van der Waals surface area contributed by atoms with Crippen molar-refractivity contribution in [1.29, 1.82) is 0 Å². The van der Waals surface area contributed by atoms with E-state index in [0.29, 0.717) is 0 Å². The van der Waals surface area contributed by atoms with Crippen LogP contribution in [-0.2, 0) is 0 Å². The molecule has 1 fully saturated rings. The minimum absolute atomic E-state index is 0.137. The maximum absolute atomic E-state index is 6.29. The van der Waals surface area contributed by atoms with Crippen molar-refractivity contribution in [3.05, 3.63) is 34.3 Å². The normalized spacial score (nSPS) is 22.9. The van der Waals surface area contributed by atoms with Gasteiger partial charge >= 0.3 is 0 Å². The number of nitrogens with zero attached hydrogens (tertiary/aromatic N) is 1. The first kappa shape index (κ1) is 14.0. The third-order valence-electron chi connectivity index (χ3n) is 3.80. The molecular formula is C15H23BrN2. The molecule has 1 aromatic rings. The van der Waals surface area contributed by atoms with Gasteiger partial charge in [-0.05, 0) is 49.9 Å². The van der Waals surface area contributed by atoms with Crippen LogP contribution in [-0.4, -0.2) is 24.5 Å². The highest BCUT2D eigenvalue weighted by atomic mass is 79.9. The summed E-state index contributed by atoms with van der Waals surface area (Å²) < 4.78 is 1.13. The van der Waals surface area contributed by atoms with Crippen molar-refractivity contribution in [2.24, 2.45) is 11.7 Å². The molecule has 2 atom stereocenters. The van der Waals surface area contributed by atoms with Crippen LogP contribution in [0.5, 0.6) is 0 Å². The quantitative estimate of drug-likeness (QED) is 0.921. The smallest absolute Gasteiger partial charge is 0.0318 e. The second kappa shape index (κ2) is 6.69. The molecule has 1 saturated heterocycles. The molecule has 0 aromatic heterocycles. The molecule has 0 bridgehead atoms. The van der Waals surface area contributed by atoms with Crippen LogP contribution in [0.25, 0.3) is 0 Å². The van der Waals surface area contributed by atoms with Gasteiger partial charge < -0.3 is 10.6 Å². The second-order valence-corrected chi connectivity index (χ2v) is 6.32. The van der Waals surface area contributed by atoms with Gasteiger partial charge in [-0.2, -0.15) is 0 Å². The molecule has 18 heavy (non-hydrogen) atoms. The molecule has 0 radical (unpaired) electrons. The summed E-state index contributed by atoms with van der Waals surface area (Å²) in [5, 5.41) is 0. The van der Waals surface area contributed by atoms with Crippen LogP contribution >= 0.6 is 15.9 Å². The summed E-state index contributed by atoms with van der Waals surface area (Å²) in [7, 11) is 0. The van der Waals surface area contributed by atoms with E-state index in [4.69, 9.17) is 5.73 Å². The van der Waals surface area contributed by atoms with E-state index in [1.165, 1.54) is 31.5 Å². The van der Waals surface area contributed by atoms with Gasteiger partial charge in [0.2, 0.25) is 0 Å². The van der Waals surface area contributed by atoms with Gasteiger partial charge in [-0.15, -0.1) is 0 Å². The van der Waals surface area contributed by atoms with E-state index >= 15 is 0 Å². The van der Waals surface area contributed by atoms with Crippen LogP contribution < -0.4 is 5.73 Å². The lowest BCUT2D eigenvalue weighted by molar-refractivity contribution is 0.178. The number of hydrogen-bond acceptors (Lipinski definition) is 2. The summed E-state index contributed by atoms with van der Waals surface area (Å²) >= 11 is 3.58. The molecule has 1 aromatic carbocycles. The molecule has 0 spiro atoms. The molecule has 2 rings (SSSR count). The van der Waals surface area contributed by atoms with Gasteiger partial charge in [0.05, 0.1) is 0 Å². The van der Waals surface area contributed by atoms with Crippen molar-refractivity contribution >= 4 is 15.9 Å². The minimum Gasteiger partial charge on any atom is -0.324 e. The lowest BCUT2D eigenvalue weighted by Gasteiger charge is -2.31. The molecule has 2 unspecified atom stereocenters. The molecule has 100 valence electrons. The summed E-state index contributed by atoms with van der Waals surface area (Å²) in [6, 6.07) is 8.42. The number of hydrogen-bond donors (Lipinski definition) is 1. The Kier molecular flexibility index (Phi) is 5.22. The Morgan fingerprint density at radius 2 is 2.22 bits per heavy atom. The maximum Gasteiger partial charge on any atom is 0.0318 e. The largest absolute Gasteiger partial charge is 0.324 e. The summed E-state index contributed by atoms with van der Waals surface area (Å²) in [4.78, 5) is 2.56. The average molecular weight is 311 g/mol. The summed E-state index contributed by atoms with van der Waals surface area (Å²) in [6.07, 6.45) is 3.76. The highest BCUT2D eigenvalue weighted by Gasteiger charge is 2.17. The second-order valence-electron chi connectivity index (χ2n) is 5.46. The molecular weight excluding hydrogens is 288 g/mol. The summed E-state index contributed by atoms with van der Waals surface area (Å²) in [5.74, 6) is 0.846. The van der Waals surface area contributed by atoms with Gasteiger partial charge in [0.1, 0.15) is 0 Å². The van der Waals surface area contributed by atoms with Crippen molar-refractivity contribution in [2.45, 2.75) is 32.2 Å². The number of nitrogens with two attached hydrogens (primary N) is 1. The number of benzene rings is 1. The first-order valence-electron chi connectivity index (χ1n) is 6.89. The third kappa shape index (κ3) is 3.81. The van der Waals surface area contributed by atoms with Crippen LogP contribution in [0.3, 0.4) is 0 Å². The fourth-order valence-corrected chi connectivity index (χ4v) is 3.32. The lowest BCUT2D eigenvalue weighted by atomic mass is 9.99. The molecule has 3 heteroatoms. The highest BCUT2D eigenvalue weighted by Crippen LogP contribution is 2.24. The molecule has 0 aliphatic carbocycles. The first-order chi connectivity index (χ1) is 8.66. The number of likely N-dealkylation sites (tertiary alicyclic amines) is 1. The van der Waals surface area contributed by atoms with Crippen LogP contribution in [0.2, 0.25) is 0 Å². The van der Waals surface area contributed by atoms with E-state index in [0.717, 1.165) is 23.4 Å². The lowest BCUT2D eigenvalue weighted by Crippen LogP contribution is -2.36. The topological polar surface area (TPSA) is 29.3 Å². The molecule has 1 aliphatic rings. The molecule has 2 N–H and O–H groups in total. The van der Waals surface area contributed by atoms with E-state index in [2.05, 4.69) is 46.0 Å². The van der Waals surface area contributed by atoms with E-state index < -0.39 is 0 Å². The Labute approximate surface area is 119 Å². The Morgan fingerprint density at radius 3 is 2.94 bits per heavy atom. The zero-order valence-electron chi connectivity index (χ0n) is 11.1. The monoisotopic (exact) mass is 310 g/mol. The first-order valence-corrected chi connectivity index (χ1v) is 7.68. The van der Waals surface area contributed by atoms with Crippen molar-refractivity contribution in [3.8, 4) is 0 Å². The van der Waals surface area contributed by atoms with E-state index in [1.54, 1.807) is 0 Å². The Balaban J connectivity index is 1.84. The fourth-order valence-electron chi connectivity index (χ4n) is 2.74. The number of piperidine rings is 1. The molecule has 1 heterocycles. The van der Waals surface area contributed by atoms with Gasteiger partial charge in [-0.25, -0.2) is 0 Å². The van der Waals surface area contributed by atoms with Gasteiger partial charge in [0, 0.05) is 17.1 Å². The average Bonchev–Trinajstić information content (AvgIpc) is 2.37. The summed E-state index contributed by atoms with van der Waals surface area (Å²) in [5.41, 5.74) is 7.52. The Hall–Kier alpha value is -0.380. The maximum atomic E-state index is 6.29. The highest BCUT2D eigenvalue weighted by molar-refractivity contribution is 9.10. The van der Waals surface area contributed by atoms with E-state index in [9.17, 15) is 0 Å². The number of halogens is 1. The zero-order valence-corrected chi connectivity index (χ0v) is 12.7. The standard InChI is InChI=1S/C15H23BrN2/c1-12-5-4-9-18(11-12)10-8-15(17)13-6-2-3-7-14(13)16/h2-3,6-7,12,15H,4-5,8-11,17H2,1H3. The predicted molar refractivity (Wildman–Crippen MR) is 80.5 cm³/mol. The third-order valence-corrected chi connectivity index (χ3v) is 4.52. The number of rotatable bonds is 4. The molecule has 2 nitrogen and oxygen atoms in total. The van der Waals surface area contributed by atoms with Crippen LogP contribution in [0.1, 0.15) is 37.8 Å². The zero-order chi connectivity index (χ0) is 13.0. The van der Waals surface area contributed by atoms with Crippen molar-refractivity contribution in [1.82, 2.24) is 4.90 Å². The molecule has 0 saturated carbocycles. The van der Waals surface area contributed by atoms with Crippen molar-refractivity contribution in [2.75, 3.05) is 19.6 Å². The molecule has 0 amide bonds. The van der Waals surface area contributed by atoms with Crippen molar-refractivity contribution < 1.29 is 0 Å². The minimum atomic E-state index is 0.137. The predicted octanol–water partition coefficient (Wildman–Crippen LogP) is 3.57. The van der Waals surface area contributed by atoms with E-state index in [-0.39, 0.29) is 6.04 Å². The van der Waals surface area contributed by atoms with Gasteiger partial charge in [-0.3, -0.25) is 0 Å². The van der Waals surface area contributed by atoms with Crippen molar-refractivity contribution in [3.63, 3.8) is 0 Å². The Bertz CT molecular complexity index is 381. The van der Waals surface area contributed by atoms with Gasteiger partial charge in [0.15, 0.2) is 0 Å². The summed E-state index contributed by atoms with van der Waals surface area (Å²) in [6.45, 7) is 5.95. The SMILES string of the molecule is CC1CCCN(CCC(N)c2ccccc2Br)C1. The van der Waals surface area contributed by atoms with Crippen LogP contribution in [0, 0.1) is 5.92 Å². The van der Waals surface area contributed by atoms with Gasteiger partial charge in [-0.1, -0.05) is 41.1 Å². The van der Waals surface area contributed by atoms with Crippen LogP contribution in [0.15, 0.2) is 28.7 Å².